The second-order valence-electron chi connectivity index (χ2n) is 4.26. The van der Waals surface area contributed by atoms with Crippen LogP contribution in [0.5, 0.6) is 5.88 Å². The van der Waals surface area contributed by atoms with Gasteiger partial charge in [0.25, 0.3) is 0 Å². The number of nitrogens with one attached hydrogen (secondary N) is 2. The number of amides is 1. The molecule has 114 valence electrons. The number of carbonyl (C=O) groups excluding carboxylic acids is 2. The number of thioether (sulfide) groups is 1. The number of esters is 1. The van der Waals surface area contributed by atoms with E-state index < -0.39 is 6.04 Å². The van der Waals surface area contributed by atoms with Crippen molar-refractivity contribution in [1.29, 1.82) is 0 Å². The Balaban J connectivity index is 1.93. The summed E-state index contributed by atoms with van der Waals surface area (Å²) in [7, 11) is 1.53. The number of methoxy groups -OCH3 is 1. The fourth-order valence-corrected chi connectivity index (χ4v) is 2.63. The lowest BCUT2D eigenvalue weighted by Gasteiger charge is -2.25. The highest BCUT2D eigenvalue weighted by Gasteiger charge is 2.26. The van der Waals surface area contributed by atoms with Crippen LogP contribution in [0.2, 0.25) is 0 Å². The Bertz CT molecular complexity index is 538. The van der Waals surface area contributed by atoms with Gasteiger partial charge in [-0.3, -0.25) is 9.59 Å². The normalized spacial score (nSPS) is 16.5. The Labute approximate surface area is 126 Å². The number of aromatic nitrogens is 1. The molecule has 7 nitrogen and oxygen atoms in total. The molecule has 1 atom stereocenters. The second kappa shape index (κ2) is 7.16. The molecule has 0 spiro atoms. The Morgan fingerprint density at radius 3 is 3.00 bits per heavy atom. The summed E-state index contributed by atoms with van der Waals surface area (Å²) in [6.07, 6.45) is 0. The minimum Gasteiger partial charge on any atom is -0.481 e. The molecule has 2 rings (SSSR count). The van der Waals surface area contributed by atoms with Crippen LogP contribution in [-0.4, -0.2) is 48.1 Å². The average Bonchev–Trinajstić information content (AvgIpc) is 2.47. The Morgan fingerprint density at radius 2 is 2.29 bits per heavy atom. The fourth-order valence-electron chi connectivity index (χ4n) is 1.80. The molecule has 2 heterocycles. The van der Waals surface area contributed by atoms with Crippen molar-refractivity contribution in [3.8, 4) is 5.88 Å². The first-order valence-electron chi connectivity index (χ1n) is 6.49. The van der Waals surface area contributed by atoms with Gasteiger partial charge in [-0.15, -0.1) is 11.8 Å². The van der Waals surface area contributed by atoms with Crippen LogP contribution in [-0.2, 0) is 14.3 Å². The highest BCUT2D eigenvalue weighted by atomic mass is 32.2. The summed E-state index contributed by atoms with van der Waals surface area (Å²) in [5.41, 5.74) is 0.618. The molecule has 1 unspecified atom stereocenters. The van der Waals surface area contributed by atoms with Gasteiger partial charge in [-0.2, -0.15) is 4.98 Å². The number of carbonyl (C=O) groups is 2. The van der Waals surface area contributed by atoms with Gasteiger partial charge in [0.2, 0.25) is 11.8 Å². The second-order valence-corrected chi connectivity index (χ2v) is 5.29. The number of hydrogen-bond acceptors (Lipinski definition) is 7. The monoisotopic (exact) mass is 311 g/mol. The molecule has 1 aliphatic rings. The number of nitrogens with zero attached hydrogens (tertiary/aromatic N) is 1. The van der Waals surface area contributed by atoms with Crippen molar-refractivity contribution < 1.29 is 19.1 Å². The number of hydrogen-bond donors (Lipinski definition) is 2. The molecular formula is C13H17N3O4S. The maximum Gasteiger partial charge on any atom is 0.315 e. The van der Waals surface area contributed by atoms with Crippen LogP contribution < -0.4 is 15.4 Å². The Kier molecular flexibility index (Phi) is 5.26. The third kappa shape index (κ3) is 4.01. The van der Waals surface area contributed by atoms with Crippen molar-refractivity contribution in [2.75, 3.05) is 35.9 Å². The summed E-state index contributed by atoms with van der Waals surface area (Å²) in [4.78, 5) is 27.4. The predicted octanol–water partition coefficient (Wildman–Crippen LogP) is 1.12. The molecule has 1 aliphatic heterocycles. The molecule has 0 saturated carbocycles. The smallest absolute Gasteiger partial charge is 0.315 e. The summed E-state index contributed by atoms with van der Waals surface area (Å²) in [5.74, 6) is 1.27. The molecular weight excluding hydrogens is 294 g/mol. The first-order valence-corrected chi connectivity index (χ1v) is 7.65. The van der Waals surface area contributed by atoms with Crippen molar-refractivity contribution >= 4 is 35.1 Å². The first-order chi connectivity index (χ1) is 10.1. The molecule has 21 heavy (non-hydrogen) atoms. The molecule has 0 radical (unpaired) electrons. The minimum absolute atomic E-state index is 0.147. The van der Waals surface area contributed by atoms with E-state index in [1.807, 2.05) is 0 Å². The third-order valence-electron chi connectivity index (χ3n) is 2.77. The lowest BCUT2D eigenvalue weighted by Crippen LogP contribution is -2.41. The van der Waals surface area contributed by atoms with Crippen LogP contribution in [0.25, 0.3) is 0 Å². The zero-order chi connectivity index (χ0) is 15.2. The van der Waals surface area contributed by atoms with Crippen LogP contribution in [0.15, 0.2) is 12.1 Å². The van der Waals surface area contributed by atoms with Crippen molar-refractivity contribution in [2.24, 2.45) is 0 Å². The summed E-state index contributed by atoms with van der Waals surface area (Å²) in [5, 5.41) is 5.83. The standard InChI is InChI=1S/C13H17N3O4S/c1-3-20-11(17)7-21-6-9-13(18)15-8-4-5-10(19-2)16-12(8)14-9/h4-5,9H,3,6-7H2,1-2H3,(H,14,16)(H,15,18). The molecule has 0 bridgehead atoms. The van der Waals surface area contributed by atoms with Crippen molar-refractivity contribution in [3.05, 3.63) is 12.1 Å². The van der Waals surface area contributed by atoms with Crippen LogP contribution in [0.3, 0.4) is 0 Å². The third-order valence-corrected chi connectivity index (χ3v) is 3.78. The molecule has 0 aliphatic carbocycles. The van der Waals surface area contributed by atoms with Gasteiger partial charge in [0.05, 0.1) is 25.2 Å². The maximum atomic E-state index is 12.0. The van der Waals surface area contributed by atoms with Crippen LogP contribution in [0.1, 0.15) is 6.92 Å². The summed E-state index contributed by atoms with van der Waals surface area (Å²) in [6, 6.07) is 2.96. The Hall–Kier alpha value is -1.96. The van der Waals surface area contributed by atoms with Gasteiger partial charge in [0, 0.05) is 11.8 Å². The summed E-state index contributed by atoms with van der Waals surface area (Å²) < 4.78 is 9.89. The maximum absolute atomic E-state index is 12.0. The van der Waals surface area contributed by atoms with E-state index in [1.54, 1.807) is 19.1 Å². The van der Waals surface area contributed by atoms with E-state index in [1.165, 1.54) is 18.9 Å². The van der Waals surface area contributed by atoms with Crippen LogP contribution >= 0.6 is 11.8 Å². The predicted molar refractivity (Wildman–Crippen MR) is 80.8 cm³/mol. The van der Waals surface area contributed by atoms with E-state index in [-0.39, 0.29) is 17.6 Å². The lowest BCUT2D eigenvalue weighted by atomic mass is 10.2. The van der Waals surface area contributed by atoms with E-state index in [2.05, 4.69) is 15.6 Å². The van der Waals surface area contributed by atoms with Crippen LogP contribution in [0.4, 0.5) is 11.5 Å². The van der Waals surface area contributed by atoms with E-state index in [0.29, 0.717) is 29.7 Å². The lowest BCUT2D eigenvalue weighted by molar-refractivity contribution is -0.139. The van der Waals surface area contributed by atoms with E-state index in [0.717, 1.165) is 0 Å². The largest absolute Gasteiger partial charge is 0.481 e. The zero-order valence-electron chi connectivity index (χ0n) is 11.8. The quantitative estimate of drug-likeness (QED) is 0.761. The Morgan fingerprint density at radius 1 is 1.48 bits per heavy atom. The molecule has 0 aromatic carbocycles. The molecule has 8 heteroatoms. The minimum atomic E-state index is -0.448. The van der Waals surface area contributed by atoms with Gasteiger partial charge in [-0.25, -0.2) is 0 Å². The fraction of sp³-hybridized carbons (Fsp3) is 0.462. The van der Waals surface area contributed by atoms with Gasteiger partial charge in [0.1, 0.15) is 6.04 Å². The van der Waals surface area contributed by atoms with E-state index >= 15 is 0 Å². The van der Waals surface area contributed by atoms with Gasteiger partial charge in [0.15, 0.2) is 5.82 Å². The number of ether oxygens (including phenoxy) is 2. The average molecular weight is 311 g/mol. The van der Waals surface area contributed by atoms with Crippen molar-refractivity contribution in [1.82, 2.24) is 4.98 Å². The molecule has 1 aromatic heterocycles. The molecule has 1 aromatic rings. The topological polar surface area (TPSA) is 89.6 Å². The van der Waals surface area contributed by atoms with Gasteiger partial charge in [-0.05, 0) is 13.0 Å². The van der Waals surface area contributed by atoms with E-state index in [9.17, 15) is 9.59 Å². The first kappa shape index (κ1) is 15.4. The molecule has 0 saturated heterocycles. The highest BCUT2D eigenvalue weighted by molar-refractivity contribution is 8.00. The SMILES string of the molecule is CCOC(=O)CSCC1Nc2nc(OC)ccc2NC1=O. The molecule has 2 N–H and O–H groups in total. The number of rotatable bonds is 6. The molecule has 0 fully saturated rings. The van der Waals surface area contributed by atoms with Crippen molar-refractivity contribution in [3.63, 3.8) is 0 Å². The van der Waals surface area contributed by atoms with Gasteiger partial charge in [-0.1, -0.05) is 0 Å². The van der Waals surface area contributed by atoms with E-state index in [4.69, 9.17) is 9.47 Å². The van der Waals surface area contributed by atoms with Gasteiger partial charge >= 0.3 is 5.97 Å². The van der Waals surface area contributed by atoms with Crippen molar-refractivity contribution in [2.45, 2.75) is 13.0 Å². The highest BCUT2D eigenvalue weighted by Crippen LogP contribution is 2.27. The summed E-state index contributed by atoms with van der Waals surface area (Å²) >= 11 is 1.34. The number of pyridine rings is 1. The van der Waals surface area contributed by atoms with Gasteiger partial charge < -0.3 is 20.1 Å². The number of anilines is 2. The van der Waals surface area contributed by atoms with Crippen LogP contribution in [0, 0.1) is 0 Å². The zero-order valence-corrected chi connectivity index (χ0v) is 12.7. The molecule has 1 amide bonds. The summed E-state index contributed by atoms with van der Waals surface area (Å²) in [6.45, 7) is 2.12. The number of fused-ring (bicyclic) bond motifs is 1.